The van der Waals surface area contributed by atoms with Crippen LogP contribution in [-0.2, 0) is 9.59 Å². The second-order valence-corrected chi connectivity index (χ2v) is 5.26. The molecular formula is C15H16FNO3. The SMILES string of the molecule is C[C@]1(C(=O)O)CCN(C(=O)/C=C\c2cccc(F)c2)C1. The Kier molecular flexibility index (Phi) is 3.88. The lowest BCUT2D eigenvalue weighted by atomic mass is 9.90. The highest BCUT2D eigenvalue weighted by molar-refractivity contribution is 5.92. The van der Waals surface area contributed by atoms with Gasteiger partial charge in [0.1, 0.15) is 5.82 Å². The van der Waals surface area contributed by atoms with Gasteiger partial charge in [0.2, 0.25) is 5.91 Å². The molecule has 0 spiro atoms. The van der Waals surface area contributed by atoms with Crippen LogP contribution in [0.3, 0.4) is 0 Å². The van der Waals surface area contributed by atoms with Crippen molar-refractivity contribution in [2.45, 2.75) is 13.3 Å². The molecule has 5 heteroatoms. The Bertz CT molecular complexity index is 570. The molecule has 1 saturated heterocycles. The molecule has 1 aliphatic rings. The summed E-state index contributed by atoms with van der Waals surface area (Å²) >= 11 is 0. The summed E-state index contributed by atoms with van der Waals surface area (Å²) in [6.07, 6.45) is 3.33. The zero-order valence-corrected chi connectivity index (χ0v) is 11.2. The highest BCUT2D eigenvalue weighted by Crippen LogP contribution is 2.30. The summed E-state index contributed by atoms with van der Waals surface area (Å²) in [5, 5.41) is 9.11. The van der Waals surface area contributed by atoms with Crippen LogP contribution in [0.1, 0.15) is 18.9 Å². The van der Waals surface area contributed by atoms with Gasteiger partial charge in [0.05, 0.1) is 5.41 Å². The van der Waals surface area contributed by atoms with Crippen molar-refractivity contribution in [2.24, 2.45) is 5.41 Å². The van der Waals surface area contributed by atoms with Crippen molar-refractivity contribution < 1.29 is 19.1 Å². The Balaban J connectivity index is 2.01. The molecule has 0 unspecified atom stereocenters. The van der Waals surface area contributed by atoms with Gasteiger partial charge in [-0.2, -0.15) is 0 Å². The first-order valence-corrected chi connectivity index (χ1v) is 6.37. The molecule has 0 aliphatic carbocycles. The van der Waals surface area contributed by atoms with Crippen LogP contribution >= 0.6 is 0 Å². The molecule has 1 aromatic rings. The van der Waals surface area contributed by atoms with Gasteiger partial charge in [-0.05, 0) is 37.1 Å². The minimum Gasteiger partial charge on any atom is -0.481 e. The lowest BCUT2D eigenvalue weighted by Gasteiger charge is -2.18. The summed E-state index contributed by atoms with van der Waals surface area (Å²) in [6.45, 7) is 2.27. The molecular weight excluding hydrogens is 261 g/mol. The van der Waals surface area contributed by atoms with Gasteiger partial charge in [0.25, 0.3) is 0 Å². The number of halogens is 1. The molecule has 1 atom stereocenters. The standard InChI is InChI=1S/C15H16FNO3/c1-15(14(19)20)7-8-17(10-15)13(18)6-5-11-3-2-4-12(16)9-11/h2-6,9H,7-8,10H2,1H3,(H,19,20)/b6-5-/t15-/m0/s1. The quantitative estimate of drug-likeness (QED) is 0.861. The third-order valence-corrected chi connectivity index (χ3v) is 3.57. The number of rotatable bonds is 3. The number of hydrogen-bond acceptors (Lipinski definition) is 2. The second-order valence-electron chi connectivity index (χ2n) is 5.26. The van der Waals surface area contributed by atoms with E-state index in [0.717, 1.165) is 0 Å². The van der Waals surface area contributed by atoms with Gasteiger partial charge in [0, 0.05) is 19.2 Å². The Morgan fingerprint density at radius 1 is 1.45 bits per heavy atom. The third-order valence-electron chi connectivity index (χ3n) is 3.57. The predicted molar refractivity (Wildman–Crippen MR) is 72.4 cm³/mol. The summed E-state index contributed by atoms with van der Waals surface area (Å²) in [6, 6.07) is 5.92. The number of amides is 1. The number of carbonyl (C=O) groups is 2. The van der Waals surface area contributed by atoms with Gasteiger partial charge >= 0.3 is 5.97 Å². The molecule has 0 aromatic heterocycles. The Morgan fingerprint density at radius 3 is 2.80 bits per heavy atom. The molecule has 1 fully saturated rings. The van der Waals surface area contributed by atoms with E-state index in [1.54, 1.807) is 19.1 Å². The van der Waals surface area contributed by atoms with Gasteiger partial charge in [-0.3, -0.25) is 9.59 Å². The fourth-order valence-electron chi connectivity index (χ4n) is 2.21. The summed E-state index contributed by atoms with van der Waals surface area (Å²) in [7, 11) is 0. The van der Waals surface area contributed by atoms with E-state index in [0.29, 0.717) is 18.5 Å². The van der Waals surface area contributed by atoms with Crippen molar-refractivity contribution >= 4 is 18.0 Å². The topological polar surface area (TPSA) is 57.6 Å². The van der Waals surface area contributed by atoms with Crippen molar-refractivity contribution in [1.82, 2.24) is 4.90 Å². The molecule has 0 saturated carbocycles. The number of likely N-dealkylation sites (tertiary alicyclic amines) is 1. The minimum absolute atomic E-state index is 0.203. The number of nitrogens with zero attached hydrogens (tertiary/aromatic N) is 1. The average Bonchev–Trinajstić information content (AvgIpc) is 2.80. The molecule has 1 N–H and O–H groups in total. The third kappa shape index (κ3) is 3.04. The fraction of sp³-hybridized carbons (Fsp3) is 0.333. The number of carboxylic acids is 1. The summed E-state index contributed by atoms with van der Waals surface area (Å²) in [5.74, 6) is -1.50. The summed E-state index contributed by atoms with van der Waals surface area (Å²) in [5.41, 5.74) is -0.277. The molecule has 0 bridgehead atoms. The van der Waals surface area contributed by atoms with E-state index < -0.39 is 11.4 Å². The van der Waals surface area contributed by atoms with E-state index >= 15 is 0 Å². The van der Waals surface area contributed by atoms with Gasteiger partial charge in [0.15, 0.2) is 0 Å². The van der Waals surface area contributed by atoms with Crippen LogP contribution < -0.4 is 0 Å². The first-order valence-electron chi connectivity index (χ1n) is 6.37. The number of benzene rings is 1. The summed E-state index contributed by atoms with van der Waals surface area (Å²) in [4.78, 5) is 24.6. The average molecular weight is 277 g/mol. The maximum absolute atomic E-state index is 13.0. The van der Waals surface area contributed by atoms with E-state index in [2.05, 4.69) is 0 Å². The van der Waals surface area contributed by atoms with Crippen LogP contribution in [0.15, 0.2) is 30.3 Å². The molecule has 4 nitrogen and oxygen atoms in total. The van der Waals surface area contributed by atoms with Crippen molar-refractivity contribution in [2.75, 3.05) is 13.1 Å². The second kappa shape index (κ2) is 5.45. The smallest absolute Gasteiger partial charge is 0.311 e. The zero-order valence-electron chi connectivity index (χ0n) is 11.2. The first-order chi connectivity index (χ1) is 9.40. The lowest BCUT2D eigenvalue weighted by molar-refractivity contribution is -0.147. The zero-order chi connectivity index (χ0) is 14.8. The Morgan fingerprint density at radius 2 is 2.20 bits per heavy atom. The maximum atomic E-state index is 13.0. The van der Waals surface area contributed by atoms with E-state index in [1.165, 1.54) is 29.2 Å². The van der Waals surface area contributed by atoms with Crippen LogP contribution in [0.25, 0.3) is 6.08 Å². The van der Waals surface area contributed by atoms with Crippen molar-refractivity contribution in [3.05, 3.63) is 41.7 Å². The largest absolute Gasteiger partial charge is 0.481 e. The predicted octanol–water partition coefficient (Wildman–Crippen LogP) is 2.16. The highest BCUT2D eigenvalue weighted by Gasteiger charge is 2.41. The molecule has 0 radical (unpaired) electrons. The Labute approximate surface area is 116 Å². The molecule has 1 aromatic carbocycles. The van der Waals surface area contributed by atoms with Gasteiger partial charge in [-0.15, -0.1) is 0 Å². The van der Waals surface area contributed by atoms with E-state index in [9.17, 15) is 14.0 Å². The summed E-state index contributed by atoms with van der Waals surface area (Å²) < 4.78 is 13.0. The molecule has 1 aliphatic heterocycles. The molecule has 20 heavy (non-hydrogen) atoms. The number of carboxylic acid groups (broad SMARTS) is 1. The van der Waals surface area contributed by atoms with Crippen LogP contribution in [0.5, 0.6) is 0 Å². The van der Waals surface area contributed by atoms with Crippen molar-refractivity contribution in [3.63, 3.8) is 0 Å². The van der Waals surface area contributed by atoms with Crippen molar-refractivity contribution in [3.8, 4) is 0 Å². The number of aliphatic carboxylic acids is 1. The van der Waals surface area contributed by atoms with E-state index in [1.807, 2.05) is 0 Å². The Hall–Kier alpha value is -2.17. The van der Waals surface area contributed by atoms with Crippen molar-refractivity contribution in [1.29, 1.82) is 0 Å². The van der Waals surface area contributed by atoms with Crippen LogP contribution in [0.2, 0.25) is 0 Å². The minimum atomic E-state index is -0.887. The maximum Gasteiger partial charge on any atom is 0.311 e. The molecule has 1 amide bonds. The molecule has 1 heterocycles. The molecule has 106 valence electrons. The van der Waals surface area contributed by atoms with Crippen LogP contribution in [-0.4, -0.2) is 35.0 Å². The molecule has 2 rings (SSSR count). The fourth-order valence-corrected chi connectivity index (χ4v) is 2.21. The van der Waals surface area contributed by atoms with Crippen LogP contribution in [0, 0.1) is 11.2 Å². The van der Waals surface area contributed by atoms with Gasteiger partial charge < -0.3 is 10.0 Å². The normalized spacial score (nSPS) is 22.4. The van der Waals surface area contributed by atoms with E-state index in [-0.39, 0.29) is 18.3 Å². The highest BCUT2D eigenvalue weighted by atomic mass is 19.1. The van der Waals surface area contributed by atoms with Gasteiger partial charge in [-0.1, -0.05) is 12.1 Å². The van der Waals surface area contributed by atoms with E-state index in [4.69, 9.17) is 5.11 Å². The lowest BCUT2D eigenvalue weighted by Crippen LogP contribution is -2.34. The van der Waals surface area contributed by atoms with Crippen LogP contribution in [0.4, 0.5) is 4.39 Å². The number of carbonyl (C=O) groups excluding carboxylic acids is 1. The first kappa shape index (κ1) is 14.2. The van der Waals surface area contributed by atoms with Gasteiger partial charge in [-0.25, -0.2) is 4.39 Å². The number of hydrogen-bond donors (Lipinski definition) is 1. The monoisotopic (exact) mass is 277 g/mol.